The van der Waals surface area contributed by atoms with Crippen LogP contribution in [-0.2, 0) is 4.74 Å². The first-order valence-electron chi connectivity index (χ1n) is 6.10. The molecule has 0 atom stereocenters. The molecule has 1 aliphatic heterocycles. The Morgan fingerprint density at radius 1 is 1.26 bits per heavy atom. The lowest BCUT2D eigenvalue weighted by atomic mass is 10.0. The minimum absolute atomic E-state index is 0.0573. The van der Waals surface area contributed by atoms with Gasteiger partial charge in [0.25, 0.3) is 0 Å². The SMILES string of the molecule is O=C(C(=CCl)CN1CCOCC1)c1ccc(Cl)cc1. The van der Waals surface area contributed by atoms with E-state index in [2.05, 4.69) is 4.90 Å². The standard InChI is InChI=1S/C14H15Cl2NO2/c15-9-12(10-17-5-7-19-8-6-17)14(18)11-1-3-13(16)4-2-11/h1-4,9H,5-8,10H2. The Morgan fingerprint density at radius 3 is 2.47 bits per heavy atom. The van der Waals surface area contributed by atoms with Crippen LogP contribution in [0.2, 0.25) is 5.02 Å². The van der Waals surface area contributed by atoms with Gasteiger partial charge in [-0.25, -0.2) is 0 Å². The summed E-state index contributed by atoms with van der Waals surface area (Å²) in [6, 6.07) is 6.83. The van der Waals surface area contributed by atoms with Crippen LogP contribution in [0.1, 0.15) is 10.4 Å². The van der Waals surface area contributed by atoms with Gasteiger partial charge in [-0.05, 0) is 24.3 Å². The molecular weight excluding hydrogens is 285 g/mol. The molecule has 0 unspecified atom stereocenters. The largest absolute Gasteiger partial charge is 0.379 e. The summed E-state index contributed by atoms with van der Waals surface area (Å²) in [5.74, 6) is -0.0573. The molecule has 0 bridgehead atoms. The Balaban J connectivity index is 2.04. The summed E-state index contributed by atoms with van der Waals surface area (Å²) in [6.07, 6.45) is 0. The number of hydrogen-bond donors (Lipinski definition) is 0. The maximum atomic E-state index is 12.3. The third-order valence-electron chi connectivity index (χ3n) is 3.03. The summed E-state index contributed by atoms with van der Waals surface area (Å²) in [5.41, 5.74) is 2.56. The number of ketones is 1. The maximum absolute atomic E-state index is 12.3. The highest BCUT2D eigenvalue weighted by Gasteiger charge is 2.17. The Hall–Kier alpha value is -0.870. The number of morpholine rings is 1. The summed E-state index contributed by atoms with van der Waals surface area (Å²) in [5, 5.41) is 0.612. The number of carbonyl (C=O) groups excluding carboxylic acids is 1. The van der Waals surface area contributed by atoms with Crippen molar-refractivity contribution in [2.24, 2.45) is 0 Å². The first-order chi connectivity index (χ1) is 9.20. The number of rotatable bonds is 4. The molecule has 1 aromatic carbocycles. The van der Waals surface area contributed by atoms with Crippen LogP contribution in [0.15, 0.2) is 35.4 Å². The molecule has 3 nitrogen and oxygen atoms in total. The third-order valence-corrected chi connectivity index (χ3v) is 3.54. The molecule has 0 saturated carbocycles. The van der Waals surface area contributed by atoms with Crippen molar-refractivity contribution in [3.63, 3.8) is 0 Å². The van der Waals surface area contributed by atoms with Crippen molar-refractivity contribution in [3.05, 3.63) is 46.0 Å². The number of carbonyl (C=O) groups is 1. The van der Waals surface area contributed by atoms with Crippen molar-refractivity contribution in [3.8, 4) is 0 Å². The zero-order valence-electron chi connectivity index (χ0n) is 10.4. The second kappa shape index (κ2) is 7.06. The molecule has 1 fully saturated rings. The zero-order valence-corrected chi connectivity index (χ0v) is 12.0. The van der Waals surface area contributed by atoms with Gasteiger partial charge in [-0.2, -0.15) is 0 Å². The van der Waals surface area contributed by atoms with Gasteiger partial charge in [-0.3, -0.25) is 9.69 Å². The molecule has 19 heavy (non-hydrogen) atoms. The van der Waals surface area contributed by atoms with E-state index in [4.69, 9.17) is 27.9 Å². The molecule has 0 amide bonds. The second-order valence-electron chi connectivity index (χ2n) is 4.36. The molecule has 1 aromatic rings. The summed E-state index contributed by atoms with van der Waals surface area (Å²) < 4.78 is 5.28. The topological polar surface area (TPSA) is 29.5 Å². The predicted molar refractivity (Wildman–Crippen MR) is 77.0 cm³/mol. The van der Waals surface area contributed by atoms with E-state index in [0.29, 0.717) is 35.9 Å². The number of hydrogen-bond acceptors (Lipinski definition) is 3. The fraction of sp³-hybridized carbons (Fsp3) is 0.357. The minimum Gasteiger partial charge on any atom is -0.379 e. The number of Topliss-reactive ketones (excluding diaryl/α,β-unsaturated/α-hetero) is 1. The monoisotopic (exact) mass is 299 g/mol. The number of ether oxygens (including phenoxy) is 1. The Morgan fingerprint density at radius 2 is 1.89 bits per heavy atom. The lowest BCUT2D eigenvalue weighted by molar-refractivity contribution is 0.0418. The summed E-state index contributed by atoms with van der Waals surface area (Å²) >= 11 is 11.6. The minimum atomic E-state index is -0.0573. The summed E-state index contributed by atoms with van der Waals surface area (Å²) in [4.78, 5) is 14.5. The molecule has 1 heterocycles. The van der Waals surface area contributed by atoms with E-state index in [1.165, 1.54) is 5.54 Å². The second-order valence-corrected chi connectivity index (χ2v) is 5.01. The van der Waals surface area contributed by atoms with E-state index in [-0.39, 0.29) is 5.78 Å². The lowest BCUT2D eigenvalue weighted by Gasteiger charge is -2.27. The van der Waals surface area contributed by atoms with Crippen molar-refractivity contribution < 1.29 is 9.53 Å². The van der Waals surface area contributed by atoms with Gasteiger partial charge in [0.2, 0.25) is 0 Å². The van der Waals surface area contributed by atoms with Crippen LogP contribution in [0.25, 0.3) is 0 Å². The van der Waals surface area contributed by atoms with Gasteiger partial charge in [0, 0.05) is 41.3 Å². The molecule has 5 heteroatoms. The fourth-order valence-electron chi connectivity index (χ4n) is 1.94. The van der Waals surface area contributed by atoms with Crippen LogP contribution < -0.4 is 0 Å². The van der Waals surface area contributed by atoms with Crippen LogP contribution in [0.4, 0.5) is 0 Å². The molecule has 2 rings (SSSR count). The molecule has 0 aromatic heterocycles. The van der Waals surface area contributed by atoms with E-state index < -0.39 is 0 Å². The normalized spacial score (nSPS) is 17.5. The van der Waals surface area contributed by atoms with Gasteiger partial charge in [-0.1, -0.05) is 23.2 Å². The Bertz CT molecular complexity index is 465. The maximum Gasteiger partial charge on any atom is 0.191 e. The predicted octanol–water partition coefficient (Wildman–Crippen LogP) is 2.98. The molecule has 102 valence electrons. The Kier molecular flexibility index (Phi) is 5.40. The fourth-order valence-corrected chi connectivity index (χ4v) is 2.24. The number of benzene rings is 1. The van der Waals surface area contributed by atoms with E-state index in [1.54, 1.807) is 24.3 Å². The van der Waals surface area contributed by atoms with E-state index in [9.17, 15) is 4.79 Å². The van der Waals surface area contributed by atoms with Gasteiger partial charge < -0.3 is 4.74 Å². The van der Waals surface area contributed by atoms with Gasteiger partial charge in [-0.15, -0.1) is 0 Å². The highest BCUT2D eigenvalue weighted by Crippen LogP contribution is 2.15. The molecule has 0 spiro atoms. The van der Waals surface area contributed by atoms with Gasteiger partial charge in [0.05, 0.1) is 13.2 Å². The van der Waals surface area contributed by atoms with E-state index >= 15 is 0 Å². The van der Waals surface area contributed by atoms with Gasteiger partial charge in [0.15, 0.2) is 5.78 Å². The van der Waals surface area contributed by atoms with Crippen molar-refractivity contribution >= 4 is 29.0 Å². The van der Waals surface area contributed by atoms with Crippen molar-refractivity contribution in [1.29, 1.82) is 0 Å². The number of nitrogens with zero attached hydrogens (tertiary/aromatic N) is 1. The van der Waals surface area contributed by atoms with Crippen molar-refractivity contribution in [2.75, 3.05) is 32.8 Å². The van der Waals surface area contributed by atoms with E-state index in [0.717, 1.165) is 13.1 Å². The highest BCUT2D eigenvalue weighted by atomic mass is 35.5. The zero-order chi connectivity index (χ0) is 13.7. The average molecular weight is 300 g/mol. The average Bonchev–Trinajstić information content (AvgIpc) is 2.46. The summed E-state index contributed by atoms with van der Waals surface area (Å²) in [7, 11) is 0. The van der Waals surface area contributed by atoms with E-state index in [1.807, 2.05) is 0 Å². The van der Waals surface area contributed by atoms with Crippen LogP contribution in [0.3, 0.4) is 0 Å². The third kappa shape index (κ3) is 4.05. The summed E-state index contributed by atoms with van der Waals surface area (Å²) in [6.45, 7) is 3.59. The lowest BCUT2D eigenvalue weighted by Crippen LogP contribution is -2.38. The smallest absolute Gasteiger partial charge is 0.191 e. The van der Waals surface area contributed by atoms with Crippen molar-refractivity contribution in [2.45, 2.75) is 0 Å². The van der Waals surface area contributed by atoms with Gasteiger partial charge >= 0.3 is 0 Å². The van der Waals surface area contributed by atoms with Crippen LogP contribution in [0, 0.1) is 0 Å². The first-order valence-corrected chi connectivity index (χ1v) is 6.92. The molecule has 1 saturated heterocycles. The van der Waals surface area contributed by atoms with Crippen LogP contribution in [-0.4, -0.2) is 43.5 Å². The van der Waals surface area contributed by atoms with Gasteiger partial charge in [0.1, 0.15) is 0 Å². The highest BCUT2D eigenvalue weighted by molar-refractivity contribution is 6.31. The molecule has 1 aliphatic rings. The first kappa shape index (κ1) is 14.5. The number of halogens is 2. The Labute approximate surface area is 122 Å². The van der Waals surface area contributed by atoms with Crippen molar-refractivity contribution in [1.82, 2.24) is 4.90 Å². The molecule has 0 N–H and O–H groups in total. The molecule has 0 aliphatic carbocycles. The molecular formula is C14H15Cl2NO2. The van der Waals surface area contributed by atoms with Crippen LogP contribution in [0.5, 0.6) is 0 Å². The van der Waals surface area contributed by atoms with Crippen LogP contribution >= 0.6 is 23.2 Å². The molecule has 0 radical (unpaired) electrons. The quantitative estimate of drug-likeness (QED) is 0.632.